The second kappa shape index (κ2) is 4.40. The summed E-state index contributed by atoms with van der Waals surface area (Å²) in [5, 5.41) is 2.72. The van der Waals surface area contributed by atoms with Crippen LogP contribution in [0.2, 0.25) is 5.02 Å². The molecule has 15 heavy (non-hydrogen) atoms. The van der Waals surface area contributed by atoms with Gasteiger partial charge in [-0.05, 0) is 13.0 Å². The van der Waals surface area contributed by atoms with E-state index in [4.69, 9.17) is 23.1 Å². The summed E-state index contributed by atoms with van der Waals surface area (Å²) in [5.74, 6) is -0.636. The minimum atomic E-state index is -0.636. The lowest BCUT2D eigenvalue weighted by Gasteiger charge is -2.15. The van der Waals surface area contributed by atoms with Gasteiger partial charge in [-0.15, -0.1) is 6.58 Å². The third-order valence-corrected chi connectivity index (χ3v) is 2.38. The molecule has 0 spiro atoms. The number of anilines is 3. The average Bonchev–Trinajstić information content (AvgIpc) is 2.21. The van der Waals surface area contributed by atoms with Crippen LogP contribution in [0.25, 0.3) is 0 Å². The standard InChI is InChI=1S/C10H13ClFN3/c1-3-5(2)15-10-7(14)4-6(13)8(11)9(10)12/h3-5,15H,1,13-14H2,2H3. The Labute approximate surface area is 92.9 Å². The Bertz CT molecular complexity index is 393. The molecule has 5 heteroatoms. The zero-order valence-corrected chi connectivity index (χ0v) is 9.11. The molecule has 5 N–H and O–H groups in total. The Hall–Kier alpha value is -1.42. The highest BCUT2D eigenvalue weighted by Crippen LogP contribution is 2.33. The van der Waals surface area contributed by atoms with E-state index in [1.165, 1.54) is 6.07 Å². The summed E-state index contributed by atoms with van der Waals surface area (Å²) >= 11 is 5.66. The van der Waals surface area contributed by atoms with Crippen molar-refractivity contribution in [3.63, 3.8) is 0 Å². The molecule has 0 saturated carbocycles. The van der Waals surface area contributed by atoms with Crippen molar-refractivity contribution in [3.8, 4) is 0 Å². The first-order valence-electron chi connectivity index (χ1n) is 4.39. The van der Waals surface area contributed by atoms with Gasteiger partial charge in [-0.3, -0.25) is 0 Å². The van der Waals surface area contributed by atoms with Crippen molar-refractivity contribution in [2.24, 2.45) is 0 Å². The zero-order chi connectivity index (χ0) is 11.6. The van der Waals surface area contributed by atoms with Crippen molar-refractivity contribution in [1.29, 1.82) is 0 Å². The van der Waals surface area contributed by atoms with Gasteiger partial charge in [0.05, 0.1) is 17.1 Å². The SMILES string of the molecule is C=CC(C)Nc1c(N)cc(N)c(Cl)c1F. The van der Waals surface area contributed by atoms with E-state index in [0.29, 0.717) is 0 Å². The molecule has 0 aliphatic heterocycles. The molecule has 0 radical (unpaired) electrons. The third kappa shape index (κ3) is 2.33. The summed E-state index contributed by atoms with van der Waals surface area (Å²) in [6.45, 7) is 5.39. The zero-order valence-electron chi connectivity index (χ0n) is 8.35. The number of rotatable bonds is 3. The Morgan fingerprint density at radius 1 is 1.53 bits per heavy atom. The number of halogens is 2. The van der Waals surface area contributed by atoms with Gasteiger partial charge in [0.2, 0.25) is 0 Å². The van der Waals surface area contributed by atoms with Crippen LogP contribution in [0, 0.1) is 5.82 Å². The van der Waals surface area contributed by atoms with Crippen LogP contribution >= 0.6 is 11.6 Å². The van der Waals surface area contributed by atoms with Gasteiger partial charge in [-0.2, -0.15) is 0 Å². The summed E-state index contributed by atoms with van der Waals surface area (Å²) in [5.41, 5.74) is 11.6. The van der Waals surface area contributed by atoms with E-state index in [0.717, 1.165) is 0 Å². The molecular weight excluding hydrogens is 217 g/mol. The fraction of sp³-hybridized carbons (Fsp3) is 0.200. The highest BCUT2D eigenvalue weighted by molar-refractivity contribution is 6.33. The first kappa shape index (κ1) is 11.7. The lowest BCUT2D eigenvalue weighted by atomic mass is 10.2. The molecule has 1 aromatic rings. The lowest BCUT2D eigenvalue weighted by molar-refractivity contribution is 0.631. The van der Waals surface area contributed by atoms with Crippen LogP contribution in [0.4, 0.5) is 21.5 Å². The van der Waals surface area contributed by atoms with E-state index < -0.39 is 5.82 Å². The van der Waals surface area contributed by atoms with Gasteiger partial charge in [0, 0.05) is 6.04 Å². The molecule has 82 valence electrons. The van der Waals surface area contributed by atoms with Crippen LogP contribution in [0.15, 0.2) is 18.7 Å². The molecule has 0 heterocycles. The Kier molecular flexibility index (Phi) is 3.42. The molecule has 3 nitrogen and oxygen atoms in total. The maximum Gasteiger partial charge on any atom is 0.169 e. The molecule has 0 aromatic heterocycles. The van der Waals surface area contributed by atoms with Crippen molar-refractivity contribution in [3.05, 3.63) is 29.6 Å². The Balaban J connectivity index is 3.17. The van der Waals surface area contributed by atoms with Crippen molar-refractivity contribution in [1.82, 2.24) is 0 Å². The monoisotopic (exact) mass is 229 g/mol. The number of hydrogen-bond donors (Lipinski definition) is 3. The van der Waals surface area contributed by atoms with Gasteiger partial charge in [-0.1, -0.05) is 17.7 Å². The second-order valence-corrected chi connectivity index (χ2v) is 3.60. The lowest BCUT2D eigenvalue weighted by Crippen LogP contribution is -2.14. The summed E-state index contributed by atoms with van der Waals surface area (Å²) in [7, 11) is 0. The molecule has 1 atom stereocenters. The van der Waals surface area contributed by atoms with Gasteiger partial charge in [-0.25, -0.2) is 4.39 Å². The fourth-order valence-electron chi connectivity index (χ4n) is 1.10. The first-order chi connectivity index (χ1) is 6.97. The van der Waals surface area contributed by atoms with Gasteiger partial charge in [0.1, 0.15) is 5.02 Å². The van der Waals surface area contributed by atoms with Gasteiger partial charge in [0.25, 0.3) is 0 Å². The van der Waals surface area contributed by atoms with Crippen LogP contribution in [-0.2, 0) is 0 Å². The molecule has 0 saturated heterocycles. The van der Waals surface area contributed by atoms with E-state index in [1.807, 2.05) is 6.92 Å². The van der Waals surface area contributed by atoms with Crippen LogP contribution < -0.4 is 16.8 Å². The molecule has 1 aromatic carbocycles. The van der Waals surface area contributed by atoms with Crippen molar-refractivity contribution >= 4 is 28.7 Å². The normalized spacial score (nSPS) is 12.2. The number of nitrogens with one attached hydrogen (secondary N) is 1. The molecule has 1 rings (SSSR count). The Morgan fingerprint density at radius 2 is 2.13 bits per heavy atom. The summed E-state index contributed by atoms with van der Waals surface area (Å²) in [6.07, 6.45) is 1.63. The maximum absolute atomic E-state index is 13.6. The van der Waals surface area contributed by atoms with Crippen molar-refractivity contribution in [2.75, 3.05) is 16.8 Å². The largest absolute Gasteiger partial charge is 0.397 e. The molecule has 0 aliphatic carbocycles. The smallest absolute Gasteiger partial charge is 0.169 e. The van der Waals surface area contributed by atoms with Crippen LogP contribution in [0.5, 0.6) is 0 Å². The number of benzene rings is 1. The van der Waals surface area contributed by atoms with E-state index >= 15 is 0 Å². The minimum Gasteiger partial charge on any atom is -0.397 e. The van der Waals surface area contributed by atoms with E-state index in [9.17, 15) is 4.39 Å². The first-order valence-corrected chi connectivity index (χ1v) is 4.77. The quantitative estimate of drug-likeness (QED) is 0.552. The highest BCUT2D eigenvalue weighted by atomic mass is 35.5. The highest BCUT2D eigenvalue weighted by Gasteiger charge is 2.14. The Morgan fingerprint density at radius 3 is 2.67 bits per heavy atom. The van der Waals surface area contributed by atoms with Gasteiger partial charge in [0.15, 0.2) is 5.82 Å². The van der Waals surface area contributed by atoms with E-state index in [2.05, 4.69) is 11.9 Å². The molecule has 0 bridgehead atoms. The predicted octanol–water partition coefficient (Wildman–Crippen LogP) is 2.63. The van der Waals surface area contributed by atoms with Crippen LogP contribution in [0.3, 0.4) is 0 Å². The molecule has 1 unspecified atom stereocenters. The molecule has 0 aliphatic rings. The topological polar surface area (TPSA) is 64.1 Å². The molecular formula is C10H13ClFN3. The van der Waals surface area contributed by atoms with Gasteiger partial charge < -0.3 is 16.8 Å². The van der Waals surface area contributed by atoms with E-state index in [-0.39, 0.29) is 28.1 Å². The predicted molar refractivity (Wildman–Crippen MR) is 63.5 cm³/mol. The average molecular weight is 230 g/mol. The second-order valence-electron chi connectivity index (χ2n) is 3.23. The fourth-order valence-corrected chi connectivity index (χ4v) is 1.25. The third-order valence-electron chi connectivity index (χ3n) is 1.99. The number of nitrogen functional groups attached to an aromatic ring is 2. The summed E-state index contributed by atoms with van der Waals surface area (Å²) in [4.78, 5) is 0. The van der Waals surface area contributed by atoms with Crippen molar-refractivity contribution < 1.29 is 4.39 Å². The van der Waals surface area contributed by atoms with Crippen molar-refractivity contribution in [2.45, 2.75) is 13.0 Å². The van der Waals surface area contributed by atoms with Crippen LogP contribution in [-0.4, -0.2) is 6.04 Å². The van der Waals surface area contributed by atoms with Gasteiger partial charge >= 0.3 is 0 Å². The summed E-state index contributed by atoms with van der Waals surface area (Å²) in [6, 6.07) is 1.31. The summed E-state index contributed by atoms with van der Waals surface area (Å²) < 4.78 is 13.6. The number of nitrogens with two attached hydrogens (primary N) is 2. The van der Waals surface area contributed by atoms with E-state index in [1.54, 1.807) is 6.08 Å². The maximum atomic E-state index is 13.6. The number of hydrogen-bond acceptors (Lipinski definition) is 3. The molecule has 0 fully saturated rings. The minimum absolute atomic E-state index is 0.110. The van der Waals surface area contributed by atoms with Crippen LogP contribution in [0.1, 0.15) is 6.92 Å². The molecule has 0 amide bonds.